The summed E-state index contributed by atoms with van der Waals surface area (Å²) in [6.45, 7) is 8.11. The van der Waals surface area contributed by atoms with Gasteiger partial charge < -0.3 is 10.4 Å². The number of aryl methyl sites for hydroxylation is 1. The number of rotatable bonds is 7. The molecule has 1 heterocycles. The maximum atomic E-state index is 12.4. The van der Waals surface area contributed by atoms with Crippen LogP contribution in [0.15, 0.2) is 12.1 Å². The summed E-state index contributed by atoms with van der Waals surface area (Å²) in [7, 11) is 0. The molecule has 116 valence electrons. The van der Waals surface area contributed by atoms with E-state index >= 15 is 0 Å². The lowest BCUT2D eigenvalue weighted by atomic mass is 9.90. The summed E-state index contributed by atoms with van der Waals surface area (Å²) in [5, 5.41) is 11.8. The highest BCUT2D eigenvalue weighted by atomic mass is 32.1. The van der Waals surface area contributed by atoms with Crippen molar-refractivity contribution in [2.75, 3.05) is 0 Å². The highest BCUT2D eigenvalue weighted by molar-refractivity contribution is 7.15. The molecule has 1 aromatic heterocycles. The van der Waals surface area contributed by atoms with Gasteiger partial charge in [-0.05, 0) is 43.9 Å². The molecule has 0 saturated heterocycles. The number of carbonyl (C=O) groups is 2. The molecule has 0 unspecified atom stereocenters. The molecular formula is C16H23NO3S. The summed E-state index contributed by atoms with van der Waals surface area (Å²) in [5.41, 5.74) is 0.754. The second-order valence-corrected chi connectivity index (χ2v) is 6.21. The van der Waals surface area contributed by atoms with E-state index in [-0.39, 0.29) is 11.4 Å². The van der Waals surface area contributed by atoms with Gasteiger partial charge in [0.05, 0.1) is 4.88 Å². The van der Waals surface area contributed by atoms with Gasteiger partial charge in [0.15, 0.2) is 0 Å². The van der Waals surface area contributed by atoms with E-state index in [1.54, 1.807) is 0 Å². The summed E-state index contributed by atoms with van der Waals surface area (Å²) in [6.07, 6.45) is 5.30. The average Bonchev–Trinajstić information content (AvgIpc) is 2.84. The number of amides is 1. The first-order valence-electron chi connectivity index (χ1n) is 7.21. The minimum Gasteiger partial charge on any atom is -0.478 e. The third kappa shape index (κ3) is 4.43. The van der Waals surface area contributed by atoms with Crippen molar-refractivity contribution in [3.63, 3.8) is 0 Å². The number of aliphatic carboxylic acids is 1. The summed E-state index contributed by atoms with van der Waals surface area (Å²) in [6, 6.07) is 1.81. The molecule has 0 saturated carbocycles. The minimum atomic E-state index is -0.990. The number of hydrogen-bond acceptors (Lipinski definition) is 3. The van der Waals surface area contributed by atoms with Crippen molar-refractivity contribution >= 4 is 29.3 Å². The molecule has 0 aliphatic rings. The first-order valence-corrected chi connectivity index (χ1v) is 8.03. The Balaban J connectivity index is 2.94. The smallest absolute Gasteiger partial charge is 0.328 e. The normalized spacial score (nSPS) is 11.8. The quantitative estimate of drug-likeness (QED) is 0.752. The summed E-state index contributed by atoms with van der Waals surface area (Å²) < 4.78 is 0. The van der Waals surface area contributed by atoms with Crippen molar-refractivity contribution in [3.05, 3.63) is 27.5 Å². The number of carbonyl (C=O) groups excluding carboxylic acids is 1. The van der Waals surface area contributed by atoms with Crippen molar-refractivity contribution < 1.29 is 14.7 Å². The molecule has 0 aliphatic carbocycles. The molecule has 1 amide bonds. The molecule has 1 rings (SSSR count). The number of thiophene rings is 1. The van der Waals surface area contributed by atoms with Crippen LogP contribution in [0.2, 0.25) is 0 Å². The fraction of sp³-hybridized carbons (Fsp3) is 0.500. The van der Waals surface area contributed by atoms with Gasteiger partial charge in [-0.15, -0.1) is 11.3 Å². The Morgan fingerprint density at radius 1 is 1.29 bits per heavy atom. The number of nitrogens with one attached hydrogen (secondary N) is 1. The molecule has 1 aromatic rings. The van der Waals surface area contributed by atoms with Gasteiger partial charge in [0.25, 0.3) is 5.91 Å². The van der Waals surface area contributed by atoms with Crippen LogP contribution in [0.3, 0.4) is 0 Å². The van der Waals surface area contributed by atoms with Crippen LogP contribution in [0.25, 0.3) is 6.08 Å². The predicted octanol–water partition coefficient (Wildman–Crippen LogP) is 3.85. The Morgan fingerprint density at radius 2 is 1.86 bits per heavy atom. The molecule has 0 atom stereocenters. The van der Waals surface area contributed by atoms with Crippen LogP contribution in [-0.2, 0) is 4.79 Å². The molecule has 0 aliphatic heterocycles. The molecule has 4 nitrogen and oxygen atoms in total. The van der Waals surface area contributed by atoms with Crippen LogP contribution in [0, 0.1) is 6.92 Å². The molecule has 2 N–H and O–H groups in total. The lowest BCUT2D eigenvalue weighted by Crippen LogP contribution is -2.46. The van der Waals surface area contributed by atoms with Crippen molar-refractivity contribution in [3.8, 4) is 0 Å². The van der Waals surface area contributed by atoms with E-state index in [1.165, 1.54) is 17.4 Å². The second kappa shape index (κ2) is 7.41. The van der Waals surface area contributed by atoms with Crippen molar-refractivity contribution in [1.29, 1.82) is 0 Å². The Morgan fingerprint density at radius 3 is 2.33 bits per heavy atom. The van der Waals surface area contributed by atoms with E-state index in [1.807, 2.05) is 13.0 Å². The molecule has 21 heavy (non-hydrogen) atoms. The van der Waals surface area contributed by atoms with E-state index < -0.39 is 5.97 Å². The largest absolute Gasteiger partial charge is 0.478 e. The van der Waals surface area contributed by atoms with E-state index in [4.69, 9.17) is 5.11 Å². The van der Waals surface area contributed by atoms with Gasteiger partial charge in [0.2, 0.25) is 0 Å². The van der Waals surface area contributed by atoms with Gasteiger partial charge in [-0.1, -0.05) is 20.8 Å². The van der Waals surface area contributed by atoms with Crippen molar-refractivity contribution in [2.45, 2.75) is 52.5 Å². The number of hydrogen-bond donors (Lipinski definition) is 2. The van der Waals surface area contributed by atoms with Gasteiger partial charge >= 0.3 is 5.97 Å². The fourth-order valence-electron chi connectivity index (χ4n) is 2.24. The summed E-state index contributed by atoms with van der Waals surface area (Å²) in [5.74, 6) is -1.07. The van der Waals surface area contributed by atoms with Crippen LogP contribution in [0.1, 0.15) is 60.1 Å². The van der Waals surface area contributed by atoms with E-state index in [0.29, 0.717) is 4.88 Å². The van der Waals surface area contributed by atoms with Crippen LogP contribution < -0.4 is 5.32 Å². The molecule has 0 bridgehead atoms. The Labute approximate surface area is 129 Å². The zero-order valence-electron chi connectivity index (χ0n) is 13.0. The predicted molar refractivity (Wildman–Crippen MR) is 86.8 cm³/mol. The Bertz CT molecular complexity index is 533. The van der Waals surface area contributed by atoms with Gasteiger partial charge in [0.1, 0.15) is 0 Å². The minimum absolute atomic E-state index is 0.0800. The van der Waals surface area contributed by atoms with Crippen LogP contribution in [-0.4, -0.2) is 22.5 Å². The maximum absolute atomic E-state index is 12.4. The van der Waals surface area contributed by atoms with Crippen molar-refractivity contribution in [2.24, 2.45) is 0 Å². The SMILES string of the molecule is CCC(CC)(CC)NC(=O)c1cc(C)c(/C=C/C(=O)O)s1. The fourth-order valence-corrected chi connectivity index (χ4v) is 3.21. The Kier molecular flexibility index (Phi) is 6.15. The molecule has 5 heteroatoms. The van der Waals surface area contributed by atoms with E-state index in [9.17, 15) is 9.59 Å². The zero-order valence-corrected chi connectivity index (χ0v) is 13.8. The maximum Gasteiger partial charge on any atom is 0.328 e. The van der Waals surface area contributed by atoms with Gasteiger partial charge in [-0.2, -0.15) is 0 Å². The monoisotopic (exact) mass is 309 g/mol. The highest BCUT2D eigenvalue weighted by Gasteiger charge is 2.27. The van der Waals surface area contributed by atoms with Crippen LogP contribution in [0.5, 0.6) is 0 Å². The second-order valence-electron chi connectivity index (χ2n) is 5.12. The van der Waals surface area contributed by atoms with E-state index in [2.05, 4.69) is 26.1 Å². The van der Waals surface area contributed by atoms with Crippen molar-refractivity contribution in [1.82, 2.24) is 5.32 Å². The van der Waals surface area contributed by atoms with E-state index in [0.717, 1.165) is 35.8 Å². The third-order valence-electron chi connectivity index (χ3n) is 3.97. The zero-order chi connectivity index (χ0) is 16.0. The van der Waals surface area contributed by atoms with Crippen LogP contribution >= 0.6 is 11.3 Å². The third-order valence-corrected chi connectivity index (χ3v) is 5.17. The lowest BCUT2D eigenvalue weighted by Gasteiger charge is -2.31. The first-order chi connectivity index (χ1) is 9.87. The molecule has 0 spiro atoms. The lowest BCUT2D eigenvalue weighted by molar-refractivity contribution is -0.131. The molecule has 0 aromatic carbocycles. The standard InChI is InChI=1S/C16H23NO3S/c1-5-16(6-2,7-3)17-15(20)13-10-11(4)12(21-13)8-9-14(18)19/h8-10H,5-7H2,1-4H3,(H,17,20)(H,18,19)/b9-8+. The summed E-state index contributed by atoms with van der Waals surface area (Å²) in [4.78, 5) is 24.4. The number of carboxylic acids is 1. The van der Waals surface area contributed by atoms with Crippen LogP contribution in [0.4, 0.5) is 0 Å². The van der Waals surface area contributed by atoms with Gasteiger partial charge in [-0.3, -0.25) is 4.79 Å². The summed E-state index contributed by atoms with van der Waals surface area (Å²) >= 11 is 1.32. The topological polar surface area (TPSA) is 66.4 Å². The Hall–Kier alpha value is -1.62. The first kappa shape index (κ1) is 17.4. The van der Waals surface area contributed by atoms with Gasteiger partial charge in [0, 0.05) is 16.5 Å². The van der Waals surface area contributed by atoms with Gasteiger partial charge in [-0.25, -0.2) is 4.79 Å². The average molecular weight is 309 g/mol. The molecular weight excluding hydrogens is 286 g/mol. The molecule has 0 radical (unpaired) electrons. The molecule has 0 fully saturated rings. The highest BCUT2D eigenvalue weighted by Crippen LogP contribution is 2.25. The number of carboxylic acid groups (broad SMARTS) is 1.